The normalized spacial score (nSPS) is 27.3. The lowest BCUT2D eigenvalue weighted by atomic mass is 9.93. The van der Waals surface area contributed by atoms with Crippen LogP contribution in [0.3, 0.4) is 0 Å². The van der Waals surface area contributed by atoms with Gasteiger partial charge in [0.05, 0.1) is 27.6 Å². The molecule has 7 heteroatoms. The SMILES string of the molecule is CN[C@@H]1C[C@@H]2O[C@](C)([C@@H]1OC)n1c3ccccc3c3c4c(c5c6ccccc6n2c5c31)C(=O)NC4. The van der Waals surface area contributed by atoms with E-state index < -0.39 is 5.72 Å². The zero-order chi connectivity index (χ0) is 23.6. The van der Waals surface area contributed by atoms with Gasteiger partial charge in [0, 0.05) is 47.7 Å². The largest absolute Gasteiger partial charge is 0.375 e. The Morgan fingerprint density at radius 1 is 1.06 bits per heavy atom. The minimum absolute atomic E-state index is 0.00357. The van der Waals surface area contributed by atoms with Crippen molar-refractivity contribution < 1.29 is 14.3 Å². The number of likely N-dealkylation sites (N-methyl/N-ethyl adjacent to an activating group) is 1. The molecule has 0 aliphatic carbocycles. The summed E-state index contributed by atoms with van der Waals surface area (Å²) < 4.78 is 18.0. The molecule has 3 aromatic carbocycles. The molecule has 5 aromatic rings. The summed E-state index contributed by atoms with van der Waals surface area (Å²) in [7, 11) is 3.77. The molecule has 176 valence electrons. The van der Waals surface area contributed by atoms with Gasteiger partial charge in [0.2, 0.25) is 0 Å². The zero-order valence-corrected chi connectivity index (χ0v) is 19.9. The molecule has 0 unspecified atom stereocenters. The summed E-state index contributed by atoms with van der Waals surface area (Å²) in [6, 6.07) is 17.0. The predicted octanol–water partition coefficient (Wildman–Crippen LogP) is 4.35. The van der Waals surface area contributed by atoms with Crippen LogP contribution in [0.2, 0.25) is 0 Å². The molecule has 7 nitrogen and oxygen atoms in total. The summed E-state index contributed by atoms with van der Waals surface area (Å²) in [5.41, 5.74) is 5.51. The number of aromatic nitrogens is 2. The summed E-state index contributed by atoms with van der Waals surface area (Å²) in [5, 5.41) is 11.0. The maximum Gasteiger partial charge on any atom is 0.252 e. The number of amides is 1. The van der Waals surface area contributed by atoms with Crippen LogP contribution in [-0.4, -0.2) is 41.3 Å². The first-order chi connectivity index (χ1) is 17.1. The molecule has 35 heavy (non-hydrogen) atoms. The minimum Gasteiger partial charge on any atom is -0.375 e. The van der Waals surface area contributed by atoms with Gasteiger partial charge in [0.15, 0.2) is 5.72 Å². The van der Waals surface area contributed by atoms with Crippen molar-refractivity contribution in [2.75, 3.05) is 14.2 Å². The molecule has 1 fully saturated rings. The fourth-order valence-corrected chi connectivity index (χ4v) is 7.33. The van der Waals surface area contributed by atoms with Gasteiger partial charge in [0.25, 0.3) is 5.91 Å². The predicted molar refractivity (Wildman–Crippen MR) is 136 cm³/mol. The average Bonchev–Trinajstić information content (AvgIpc) is 3.51. The summed E-state index contributed by atoms with van der Waals surface area (Å²) in [6.45, 7) is 2.68. The van der Waals surface area contributed by atoms with Crippen molar-refractivity contribution in [1.82, 2.24) is 19.8 Å². The van der Waals surface area contributed by atoms with Gasteiger partial charge in [-0.1, -0.05) is 36.4 Å². The minimum atomic E-state index is -0.760. The average molecular weight is 467 g/mol. The van der Waals surface area contributed by atoms with E-state index in [1.807, 2.05) is 7.05 Å². The number of ether oxygens (including phenoxy) is 2. The van der Waals surface area contributed by atoms with Crippen LogP contribution in [0.25, 0.3) is 43.6 Å². The van der Waals surface area contributed by atoms with E-state index in [-0.39, 0.29) is 24.3 Å². The summed E-state index contributed by atoms with van der Waals surface area (Å²) in [6.07, 6.45) is 0.337. The van der Waals surface area contributed by atoms with Crippen molar-refractivity contribution in [3.63, 3.8) is 0 Å². The third-order valence-corrected chi connectivity index (χ3v) is 8.60. The first kappa shape index (κ1) is 19.9. The smallest absolute Gasteiger partial charge is 0.252 e. The van der Waals surface area contributed by atoms with E-state index in [9.17, 15) is 4.79 Å². The van der Waals surface area contributed by atoms with Gasteiger partial charge in [-0.15, -0.1) is 0 Å². The van der Waals surface area contributed by atoms with Crippen molar-refractivity contribution in [2.24, 2.45) is 0 Å². The second-order valence-corrected chi connectivity index (χ2v) is 10.1. The van der Waals surface area contributed by atoms with Crippen molar-refractivity contribution in [2.45, 2.75) is 44.0 Å². The number of hydrogen-bond donors (Lipinski definition) is 2. The van der Waals surface area contributed by atoms with Crippen molar-refractivity contribution >= 4 is 49.5 Å². The maximum atomic E-state index is 13.3. The zero-order valence-electron chi connectivity index (χ0n) is 19.9. The highest BCUT2D eigenvalue weighted by atomic mass is 16.6. The summed E-state index contributed by atoms with van der Waals surface area (Å²) >= 11 is 0. The Balaban J connectivity index is 1.72. The molecule has 3 aliphatic heterocycles. The third kappa shape index (κ3) is 2.12. The van der Waals surface area contributed by atoms with Gasteiger partial charge in [-0.3, -0.25) is 4.79 Å². The van der Waals surface area contributed by atoms with Crippen molar-refractivity contribution in [3.05, 3.63) is 59.7 Å². The van der Waals surface area contributed by atoms with E-state index in [0.717, 1.165) is 61.2 Å². The van der Waals surface area contributed by atoms with Crippen LogP contribution in [0.5, 0.6) is 0 Å². The van der Waals surface area contributed by atoms with Crippen LogP contribution in [0, 0.1) is 0 Å². The second kappa shape index (κ2) is 6.43. The molecule has 8 rings (SSSR count). The van der Waals surface area contributed by atoms with Crippen LogP contribution >= 0.6 is 0 Å². The van der Waals surface area contributed by atoms with Crippen LogP contribution < -0.4 is 10.6 Å². The molecular formula is C28H26N4O3. The Bertz CT molecular complexity index is 1750. The number of carbonyl (C=O) groups excluding carboxylic acids is 1. The Kier molecular flexibility index (Phi) is 3.65. The fourth-order valence-electron chi connectivity index (χ4n) is 7.33. The molecule has 4 atom stereocenters. The van der Waals surface area contributed by atoms with Gasteiger partial charge >= 0.3 is 0 Å². The number of hydrogen-bond acceptors (Lipinski definition) is 4. The number of rotatable bonds is 2. The lowest BCUT2D eigenvalue weighted by Crippen LogP contribution is -2.59. The first-order valence-electron chi connectivity index (χ1n) is 12.3. The van der Waals surface area contributed by atoms with Crippen LogP contribution in [0.15, 0.2) is 48.5 Å². The van der Waals surface area contributed by atoms with E-state index in [4.69, 9.17) is 9.47 Å². The molecule has 0 saturated carbocycles. The molecule has 2 bridgehead atoms. The number of methoxy groups -OCH3 is 1. The molecule has 1 amide bonds. The van der Waals surface area contributed by atoms with E-state index in [1.54, 1.807) is 7.11 Å². The van der Waals surface area contributed by atoms with Gasteiger partial charge in [-0.2, -0.15) is 0 Å². The van der Waals surface area contributed by atoms with Crippen molar-refractivity contribution in [1.29, 1.82) is 0 Å². The Morgan fingerprint density at radius 3 is 2.51 bits per heavy atom. The number of nitrogens with zero attached hydrogens (tertiary/aromatic N) is 2. The second-order valence-electron chi connectivity index (χ2n) is 10.1. The van der Waals surface area contributed by atoms with Gasteiger partial charge in [0.1, 0.15) is 12.3 Å². The van der Waals surface area contributed by atoms with Crippen LogP contribution in [-0.2, 0) is 21.7 Å². The maximum absolute atomic E-state index is 13.3. The summed E-state index contributed by atoms with van der Waals surface area (Å²) in [4.78, 5) is 13.3. The number of para-hydroxylation sites is 2. The number of carbonyl (C=O) groups is 1. The van der Waals surface area contributed by atoms with E-state index in [1.165, 1.54) is 0 Å². The van der Waals surface area contributed by atoms with E-state index >= 15 is 0 Å². The molecule has 2 aromatic heterocycles. The lowest BCUT2D eigenvalue weighted by molar-refractivity contribution is -0.256. The highest BCUT2D eigenvalue weighted by molar-refractivity contribution is 6.31. The topological polar surface area (TPSA) is 69.5 Å². The summed E-state index contributed by atoms with van der Waals surface area (Å²) in [5.74, 6) is 0.00357. The molecule has 1 saturated heterocycles. The number of nitrogens with one attached hydrogen (secondary N) is 2. The Labute approximate surface area is 201 Å². The first-order valence-corrected chi connectivity index (χ1v) is 12.3. The van der Waals surface area contributed by atoms with E-state index in [0.29, 0.717) is 6.54 Å². The number of benzene rings is 3. The van der Waals surface area contributed by atoms with Crippen molar-refractivity contribution in [3.8, 4) is 0 Å². The highest BCUT2D eigenvalue weighted by Crippen LogP contribution is 2.53. The monoisotopic (exact) mass is 466 g/mol. The third-order valence-electron chi connectivity index (χ3n) is 8.60. The molecule has 0 radical (unpaired) electrons. The van der Waals surface area contributed by atoms with Crippen LogP contribution in [0.4, 0.5) is 0 Å². The fraction of sp³-hybridized carbons (Fsp3) is 0.321. The quantitative estimate of drug-likeness (QED) is 0.406. The van der Waals surface area contributed by atoms with Gasteiger partial charge in [-0.25, -0.2) is 0 Å². The molecular weight excluding hydrogens is 440 g/mol. The van der Waals surface area contributed by atoms with Gasteiger partial charge in [-0.05, 0) is 31.7 Å². The molecule has 2 N–H and O–H groups in total. The molecule has 0 spiro atoms. The van der Waals surface area contributed by atoms with E-state index in [2.05, 4.69) is 75.2 Å². The standard InChI is InChI=1S/C28H26N4O3/c1-28-26(34-3)17(29-2)12-20(35-28)31-18-10-6-4-8-14(18)22-23-16(13-30-27(23)33)21-15-9-5-7-11-19(15)32(28)25(21)24(22)31/h4-11,17,20,26,29H,12-13H2,1-3H3,(H,30,33)/t17-,20+,26-,28-/m1/s1. The van der Waals surface area contributed by atoms with Gasteiger partial charge < -0.3 is 29.2 Å². The highest BCUT2D eigenvalue weighted by Gasteiger charge is 2.53. The van der Waals surface area contributed by atoms with Crippen LogP contribution in [0.1, 0.15) is 35.5 Å². The Morgan fingerprint density at radius 2 is 1.77 bits per heavy atom. The lowest BCUT2D eigenvalue weighted by Gasteiger charge is -2.48. The molecule has 5 heterocycles. The molecule has 3 aliphatic rings. The number of fused-ring (bicyclic) bond motifs is 13. The Hall–Kier alpha value is -3.39.